The van der Waals surface area contributed by atoms with Crippen molar-refractivity contribution in [1.29, 1.82) is 0 Å². The van der Waals surface area contributed by atoms with Crippen molar-refractivity contribution in [3.05, 3.63) is 53.6 Å². The molecule has 8 heteroatoms. The van der Waals surface area contributed by atoms with E-state index >= 15 is 0 Å². The molecule has 2 heterocycles. The molecule has 162 valence electrons. The van der Waals surface area contributed by atoms with Gasteiger partial charge in [0.05, 0.1) is 11.9 Å². The Kier molecular flexibility index (Phi) is 4.95. The van der Waals surface area contributed by atoms with Crippen LogP contribution in [0.1, 0.15) is 55.1 Å². The number of aromatic nitrogens is 3. The maximum atomic E-state index is 13.7. The number of nitrogens with zero attached hydrogens (tertiary/aromatic N) is 3. The van der Waals surface area contributed by atoms with Gasteiger partial charge in [-0.15, -0.1) is 0 Å². The highest BCUT2D eigenvalue weighted by Gasteiger charge is 2.42. The van der Waals surface area contributed by atoms with Gasteiger partial charge >= 0.3 is 0 Å². The molecule has 31 heavy (non-hydrogen) atoms. The Morgan fingerprint density at radius 3 is 2.61 bits per heavy atom. The third kappa shape index (κ3) is 3.58. The molecule has 2 fully saturated rings. The summed E-state index contributed by atoms with van der Waals surface area (Å²) in [5.41, 5.74) is 0.562. The van der Waals surface area contributed by atoms with E-state index in [0.717, 1.165) is 16.9 Å². The molecule has 4 unspecified atom stereocenters. The summed E-state index contributed by atoms with van der Waals surface area (Å²) in [5, 5.41) is 7.05. The van der Waals surface area contributed by atoms with E-state index in [1.54, 1.807) is 0 Å². The van der Waals surface area contributed by atoms with Gasteiger partial charge in [0.15, 0.2) is 5.65 Å². The molecule has 0 saturated heterocycles. The van der Waals surface area contributed by atoms with Gasteiger partial charge in [0.2, 0.25) is 0 Å². The minimum absolute atomic E-state index is 0.00685. The summed E-state index contributed by atoms with van der Waals surface area (Å²) in [6.07, 6.45) is 3.33. The van der Waals surface area contributed by atoms with Gasteiger partial charge in [-0.1, -0.05) is 6.42 Å². The normalized spacial score (nSPS) is 23.6. The molecule has 1 aromatic carbocycles. The summed E-state index contributed by atoms with van der Waals surface area (Å²) in [4.78, 5) is 17.5. The number of carbonyl (C=O) groups is 1. The number of rotatable bonds is 5. The highest BCUT2D eigenvalue weighted by atomic mass is 19.3. The van der Waals surface area contributed by atoms with Crippen LogP contribution in [-0.4, -0.2) is 26.5 Å². The summed E-state index contributed by atoms with van der Waals surface area (Å²) >= 11 is 0. The van der Waals surface area contributed by atoms with Crippen molar-refractivity contribution < 1.29 is 18.0 Å². The Balaban J connectivity index is 1.48. The van der Waals surface area contributed by atoms with Crippen molar-refractivity contribution in [2.75, 3.05) is 0 Å². The van der Waals surface area contributed by atoms with E-state index in [9.17, 15) is 18.0 Å². The molecule has 3 aromatic rings. The molecule has 4 atom stereocenters. The lowest BCUT2D eigenvalue weighted by Gasteiger charge is -2.28. The maximum Gasteiger partial charge on any atom is 0.280 e. The van der Waals surface area contributed by atoms with Crippen molar-refractivity contribution in [3.8, 4) is 11.3 Å². The summed E-state index contributed by atoms with van der Waals surface area (Å²) in [6, 6.07) is 6.63. The second-order valence-electron chi connectivity index (χ2n) is 8.77. The van der Waals surface area contributed by atoms with Crippen LogP contribution in [0, 0.1) is 23.6 Å². The largest absolute Gasteiger partial charge is 0.349 e. The fraction of sp³-hybridized carbons (Fsp3) is 0.435. The number of benzene rings is 1. The Hall–Kier alpha value is -2.90. The zero-order valence-corrected chi connectivity index (χ0v) is 17.1. The molecule has 1 amide bonds. The third-order valence-electron chi connectivity index (χ3n) is 6.90. The van der Waals surface area contributed by atoms with Gasteiger partial charge in [-0.25, -0.2) is 22.7 Å². The molecule has 0 radical (unpaired) electrons. The van der Waals surface area contributed by atoms with E-state index in [0.29, 0.717) is 17.4 Å². The Bertz CT molecular complexity index is 1130. The van der Waals surface area contributed by atoms with Crippen molar-refractivity contribution in [2.24, 2.45) is 17.8 Å². The Labute approximate surface area is 177 Å². The number of halogens is 3. The monoisotopic (exact) mass is 428 g/mol. The van der Waals surface area contributed by atoms with Crippen molar-refractivity contribution in [2.45, 2.75) is 45.1 Å². The standard InChI is InChI=1S/C23H23F3N4O/c1-12(17-9-13-2-3-15(17)8-13)28-23(31)18-11-27-30-20(21(25)26)10-19(29-22(18)30)14-4-6-16(24)7-5-14/h4-7,10-13,15,17,21H,2-3,8-9H2,1H3,(H,28,31). The minimum atomic E-state index is -2.81. The highest BCUT2D eigenvalue weighted by molar-refractivity contribution is 6.00. The van der Waals surface area contributed by atoms with Crippen LogP contribution < -0.4 is 5.32 Å². The average molecular weight is 428 g/mol. The third-order valence-corrected chi connectivity index (χ3v) is 6.90. The van der Waals surface area contributed by atoms with E-state index in [2.05, 4.69) is 15.4 Å². The summed E-state index contributed by atoms with van der Waals surface area (Å²) in [6.45, 7) is 2.01. The second kappa shape index (κ2) is 7.66. The molecule has 2 saturated carbocycles. The number of nitrogens with one attached hydrogen (secondary N) is 1. The first-order valence-corrected chi connectivity index (χ1v) is 10.6. The van der Waals surface area contributed by atoms with Gasteiger partial charge in [-0.3, -0.25) is 4.79 Å². The van der Waals surface area contributed by atoms with E-state index in [1.165, 1.54) is 55.8 Å². The van der Waals surface area contributed by atoms with Crippen LogP contribution in [0.4, 0.5) is 13.2 Å². The predicted molar refractivity (Wildman–Crippen MR) is 109 cm³/mol. The summed E-state index contributed by atoms with van der Waals surface area (Å²) < 4.78 is 41.7. The first-order valence-electron chi connectivity index (χ1n) is 10.6. The molecule has 0 aliphatic heterocycles. The van der Waals surface area contributed by atoms with Gasteiger partial charge in [-0.05, 0) is 74.3 Å². The Morgan fingerprint density at radius 1 is 1.19 bits per heavy atom. The van der Waals surface area contributed by atoms with Gasteiger partial charge in [-0.2, -0.15) is 5.10 Å². The van der Waals surface area contributed by atoms with E-state index in [-0.39, 0.29) is 34.5 Å². The molecule has 5 rings (SSSR count). The predicted octanol–water partition coefficient (Wildman–Crippen LogP) is 5.03. The molecular formula is C23H23F3N4O. The van der Waals surface area contributed by atoms with E-state index in [4.69, 9.17) is 0 Å². The maximum absolute atomic E-state index is 13.7. The number of alkyl halides is 2. The fourth-order valence-electron chi connectivity index (χ4n) is 5.37. The fourth-order valence-corrected chi connectivity index (χ4v) is 5.37. The number of hydrogen-bond donors (Lipinski definition) is 1. The van der Waals surface area contributed by atoms with Crippen LogP contribution >= 0.6 is 0 Å². The zero-order chi connectivity index (χ0) is 21.7. The van der Waals surface area contributed by atoms with Crippen LogP contribution in [0.2, 0.25) is 0 Å². The van der Waals surface area contributed by atoms with E-state index in [1.807, 2.05) is 6.92 Å². The van der Waals surface area contributed by atoms with Crippen LogP contribution in [0.5, 0.6) is 0 Å². The molecule has 5 nitrogen and oxygen atoms in total. The lowest BCUT2D eigenvalue weighted by molar-refractivity contribution is 0.0916. The number of fused-ring (bicyclic) bond motifs is 3. The first kappa shape index (κ1) is 20.0. The van der Waals surface area contributed by atoms with Crippen LogP contribution in [0.15, 0.2) is 36.5 Å². The van der Waals surface area contributed by atoms with Crippen LogP contribution in [0.3, 0.4) is 0 Å². The van der Waals surface area contributed by atoms with Crippen LogP contribution in [-0.2, 0) is 0 Å². The topological polar surface area (TPSA) is 59.3 Å². The number of hydrogen-bond acceptors (Lipinski definition) is 3. The molecule has 1 N–H and O–H groups in total. The molecule has 2 aliphatic carbocycles. The minimum Gasteiger partial charge on any atom is -0.349 e. The molecule has 2 aliphatic rings. The van der Waals surface area contributed by atoms with E-state index < -0.39 is 12.2 Å². The SMILES string of the molecule is CC(NC(=O)c1cnn2c(C(F)F)cc(-c3ccc(F)cc3)nc12)C1CC2CCC1C2. The summed E-state index contributed by atoms with van der Waals surface area (Å²) in [7, 11) is 0. The summed E-state index contributed by atoms with van der Waals surface area (Å²) in [5.74, 6) is 1.06. The van der Waals surface area contributed by atoms with Crippen LogP contribution in [0.25, 0.3) is 16.9 Å². The molecule has 0 spiro atoms. The molecule has 2 bridgehead atoms. The lowest BCUT2D eigenvalue weighted by atomic mass is 9.84. The lowest BCUT2D eigenvalue weighted by Crippen LogP contribution is -2.40. The Morgan fingerprint density at radius 2 is 1.97 bits per heavy atom. The zero-order valence-electron chi connectivity index (χ0n) is 17.1. The smallest absolute Gasteiger partial charge is 0.280 e. The van der Waals surface area contributed by atoms with Gasteiger partial charge in [0.1, 0.15) is 17.1 Å². The van der Waals surface area contributed by atoms with Crippen molar-refractivity contribution in [1.82, 2.24) is 19.9 Å². The second-order valence-corrected chi connectivity index (χ2v) is 8.77. The van der Waals surface area contributed by atoms with Crippen molar-refractivity contribution in [3.63, 3.8) is 0 Å². The molecular weight excluding hydrogens is 405 g/mol. The van der Waals surface area contributed by atoms with Crippen molar-refractivity contribution >= 4 is 11.6 Å². The van der Waals surface area contributed by atoms with Gasteiger partial charge in [0, 0.05) is 11.6 Å². The highest BCUT2D eigenvalue weighted by Crippen LogP contribution is 2.49. The first-order chi connectivity index (χ1) is 14.9. The quantitative estimate of drug-likeness (QED) is 0.620. The van der Waals surface area contributed by atoms with Gasteiger partial charge < -0.3 is 5.32 Å². The molecule has 2 aromatic heterocycles. The number of amides is 1. The average Bonchev–Trinajstić information content (AvgIpc) is 3.48. The van der Waals surface area contributed by atoms with Gasteiger partial charge in [0.25, 0.3) is 12.3 Å². The number of carbonyl (C=O) groups excluding carboxylic acids is 1.